The number of aromatic nitrogens is 1. The van der Waals surface area contributed by atoms with E-state index in [0.717, 1.165) is 64.6 Å². The number of sulfone groups is 1. The van der Waals surface area contributed by atoms with Gasteiger partial charge in [-0.05, 0) is 56.0 Å². The molecule has 1 atom stereocenters. The van der Waals surface area contributed by atoms with E-state index in [0.29, 0.717) is 23.1 Å². The Morgan fingerprint density at radius 1 is 1.00 bits per heavy atom. The molecule has 0 saturated carbocycles. The van der Waals surface area contributed by atoms with Crippen molar-refractivity contribution >= 4 is 26.4 Å². The zero-order chi connectivity index (χ0) is 24.4. The van der Waals surface area contributed by atoms with Gasteiger partial charge in [-0.3, -0.25) is 9.88 Å². The predicted molar refractivity (Wildman–Crippen MR) is 130 cm³/mol. The van der Waals surface area contributed by atoms with Crippen LogP contribution in [0.2, 0.25) is 0 Å². The van der Waals surface area contributed by atoms with E-state index >= 15 is 0 Å². The molecule has 2 fully saturated rings. The van der Waals surface area contributed by atoms with E-state index in [4.69, 9.17) is 4.74 Å². The number of fused-ring (bicyclic) bond motifs is 1. The molecular formula is C26H29F2N3O3S. The van der Waals surface area contributed by atoms with Crippen LogP contribution in [0.15, 0.2) is 58.5 Å². The minimum Gasteiger partial charge on any atom is -0.379 e. The first kappa shape index (κ1) is 24.1. The van der Waals surface area contributed by atoms with Gasteiger partial charge in [-0.25, -0.2) is 17.2 Å². The number of piperidine rings is 1. The van der Waals surface area contributed by atoms with Gasteiger partial charge in [0.05, 0.1) is 29.3 Å². The number of halogens is 2. The molecule has 0 unspecified atom stereocenters. The summed E-state index contributed by atoms with van der Waals surface area (Å²) in [6.45, 7) is 4.83. The van der Waals surface area contributed by atoms with Crippen LogP contribution in [0.1, 0.15) is 25.7 Å². The Kier molecular flexibility index (Phi) is 7.00. The second kappa shape index (κ2) is 10.2. The minimum absolute atomic E-state index is 0.0282. The van der Waals surface area contributed by atoms with E-state index < -0.39 is 21.5 Å². The number of ether oxygens (including phenoxy) is 1. The van der Waals surface area contributed by atoms with Crippen molar-refractivity contribution in [2.24, 2.45) is 0 Å². The highest BCUT2D eigenvalue weighted by Crippen LogP contribution is 2.39. The van der Waals surface area contributed by atoms with Crippen LogP contribution in [0.4, 0.5) is 14.5 Å². The van der Waals surface area contributed by atoms with Crippen molar-refractivity contribution in [3.63, 3.8) is 0 Å². The highest BCUT2D eigenvalue weighted by atomic mass is 32.2. The number of anilines is 1. The van der Waals surface area contributed by atoms with E-state index in [9.17, 15) is 17.2 Å². The number of hydrogen-bond donors (Lipinski definition) is 0. The van der Waals surface area contributed by atoms with Crippen LogP contribution in [-0.2, 0) is 14.6 Å². The lowest BCUT2D eigenvalue weighted by atomic mass is 9.97. The van der Waals surface area contributed by atoms with Gasteiger partial charge in [-0.15, -0.1) is 0 Å². The summed E-state index contributed by atoms with van der Waals surface area (Å²) >= 11 is 0. The first-order valence-electron chi connectivity index (χ1n) is 12.1. The second-order valence-electron chi connectivity index (χ2n) is 9.18. The maximum absolute atomic E-state index is 14.0. The maximum atomic E-state index is 14.0. The molecule has 35 heavy (non-hydrogen) atoms. The fraction of sp³-hybridized carbons (Fsp3) is 0.423. The average Bonchev–Trinajstić information content (AvgIpc) is 2.87. The Labute approximate surface area is 204 Å². The quantitative estimate of drug-likeness (QED) is 0.498. The van der Waals surface area contributed by atoms with Crippen LogP contribution in [0.3, 0.4) is 0 Å². The van der Waals surface area contributed by atoms with Crippen molar-refractivity contribution < 1.29 is 21.9 Å². The smallest absolute Gasteiger partial charge is 0.210 e. The zero-order valence-corrected chi connectivity index (χ0v) is 20.3. The topological polar surface area (TPSA) is 62.7 Å². The first-order valence-corrected chi connectivity index (χ1v) is 13.6. The summed E-state index contributed by atoms with van der Waals surface area (Å²) in [5, 5.41) is 0.585. The molecule has 0 radical (unpaired) electrons. The molecule has 5 rings (SSSR count). The molecule has 3 heterocycles. The Hall–Kier alpha value is -2.62. The standard InChI is InChI=1S/C26H29F2N3O3S/c27-19-4-3-6-22(16-19)35(32,33)25-18-29-24-17-20(28)7-8-23(24)26(25)31-10-2-1-5-21(31)9-11-30-12-14-34-15-13-30/h3-4,6-8,16-18,21H,1-2,5,9-15H2/t21-/m0/s1. The van der Waals surface area contributed by atoms with Crippen LogP contribution in [0.25, 0.3) is 10.9 Å². The number of rotatable bonds is 6. The highest BCUT2D eigenvalue weighted by molar-refractivity contribution is 7.91. The minimum atomic E-state index is -4.07. The van der Waals surface area contributed by atoms with Crippen LogP contribution >= 0.6 is 0 Å². The van der Waals surface area contributed by atoms with E-state index in [1.165, 1.54) is 36.5 Å². The third-order valence-electron chi connectivity index (χ3n) is 6.96. The lowest BCUT2D eigenvalue weighted by Gasteiger charge is -2.40. The molecule has 1 aromatic heterocycles. The van der Waals surface area contributed by atoms with Gasteiger partial charge in [-0.1, -0.05) is 6.07 Å². The second-order valence-corrected chi connectivity index (χ2v) is 11.1. The molecule has 2 aliphatic heterocycles. The zero-order valence-electron chi connectivity index (χ0n) is 19.5. The van der Waals surface area contributed by atoms with E-state index in [2.05, 4.69) is 14.8 Å². The van der Waals surface area contributed by atoms with Crippen molar-refractivity contribution in [1.82, 2.24) is 9.88 Å². The number of morpholine rings is 1. The Morgan fingerprint density at radius 3 is 2.60 bits per heavy atom. The SMILES string of the molecule is O=S(=O)(c1cccc(F)c1)c1cnc2cc(F)ccc2c1N1CCCC[C@H]1CCN1CCOCC1. The number of benzene rings is 2. The summed E-state index contributed by atoms with van der Waals surface area (Å²) in [4.78, 5) is 8.74. The summed E-state index contributed by atoms with van der Waals surface area (Å²) in [6.07, 6.45) is 5.11. The van der Waals surface area contributed by atoms with Gasteiger partial charge in [0.25, 0.3) is 0 Å². The van der Waals surface area contributed by atoms with E-state index in [1.54, 1.807) is 6.07 Å². The van der Waals surface area contributed by atoms with Crippen molar-refractivity contribution in [1.29, 1.82) is 0 Å². The molecule has 2 aromatic carbocycles. The molecule has 0 N–H and O–H groups in total. The normalized spacial score (nSPS) is 19.8. The fourth-order valence-electron chi connectivity index (χ4n) is 5.14. The summed E-state index contributed by atoms with van der Waals surface area (Å²) in [5.74, 6) is -1.05. The van der Waals surface area contributed by atoms with Gasteiger partial charge < -0.3 is 9.64 Å². The molecule has 2 saturated heterocycles. The van der Waals surface area contributed by atoms with Gasteiger partial charge in [0.15, 0.2) is 0 Å². The van der Waals surface area contributed by atoms with Crippen LogP contribution in [0.5, 0.6) is 0 Å². The molecule has 6 nitrogen and oxygen atoms in total. The van der Waals surface area contributed by atoms with Crippen LogP contribution in [-0.4, -0.2) is 63.7 Å². The van der Waals surface area contributed by atoms with E-state index in [-0.39, 0.29) is 15.8 Å². The third kappa shape index (κ3) is 5.03. The molecular weight excluding hydrogens is 472 g/mol. The third-order valence-corrected chi connectivity index (χ3v) is 8.71. The van der Waals surface area contributed by atoms with Crippen molar-refractivity contribution in [3.05, 3.63) is 60.3 Å². The molecule has 0 spiro atoms. The number of hydrogen-bond acceptors (Lipinski definition) is 6. The van der Waals surface area contributed by atoms with E-state index in [1.807, 2.05) is 0 Å². The monoisotopic (exact) mass is 501 g/mol. The summed E-state index contributed by atoms with van der Waals surface area (Å²) in [5.41, 5.74) is 0.932. The fourth-order valence-corrected chi connectivity index (χ4v) is 6.59. The molecule has 0 bridgehead atoms. The molecule has 0 aliphatic carbocycles. The number of nitrogens with zero attached hydrogens (tertiary/aromatic N) is 3. The van der Waals surface area contributed by atoms with Crippen molar-refractivity contribution in [2.45, 2.75) is 41.5 Å². The summed E-state index contributed by atoms with van der Waals surface area (Å²) in [6, 6.07) is 9.41. The summed E-state index contributed by atoms with van der Waals surface area (Å²) < 4.78 is 60.9. The summed E-state index contributed by atoms with van der Waals surface area (Å²) in [7, 11) is -4.07. The molecule has 186 valence electrons. The molecule has 9 heteroatoms. The molecule has 3 aromatic rings. The van der Waals surface area contributed by atoms with Gasteiger partial charge in [0.1, 0.15) is 16.5 Å². The van der Waals surface area contributed by atoms with Crippen molar-refractivity contribution in [3.8, 4) is 0 Å². The largest absolute Gasteiger partial charge is 0.379 e. The molecule has 2 aliphatic rings. The van der Waals surface area contributed by atoms with Crippen molar-refractivity contribution in [2.75, 3.05) is 44.3 Å². The maximum Gasteiger partial charge on any atom is 0.210 e. The lowest BCUT2D eigenvalue weighted by Crippen LogP contribution is -2.44. The van der Waals surface area contributed by atoms with Gasteiger partial charge in [0.2, 0.25) is 9.84 Å². The lowest BCUT2D eigenvalue weighted by molar-refractivity contribution is 0.0362. The Balaban J connectivity index is 1.59. The predicted octanol–water partition coefficient (Wildman–Crippen LogP) is 4.43. The Bertz CT molecular complexity index is 1310. The highest BCUT2D eigenvalue weighted by Gasteiger charge is 2.32. The van der Waals surface area contributed by atoms with Gasteiger partial charge in [-0.2, -0.15) is 0 Å². The number of pyridine rings is 1. The van der Waals surface area contributed by atoms with Gasteiger partial charge in [0, 0.05) is 49.9 Å². The first-order chi connectivity index (χ1) is 16.9. The average molecular weight is 502 g/mol. The van der Waals surface area contributed by atoms with Crippen LogP contribution < -0.4 is 4.90 Å². The Morgan fingerprint density at radius 2 is 1.80 bits per heavy atom. The molecule has 0 amide bonds. The van der Waals surface area contributed by atoms with Gasteiger partial charge >= 0.3 is 0 Å². The van der Waals surface area contributed by atoms with Crippen LogP contribution in [0, 0.1) is 11.6 Å².